The number of carbonyl (C=O) groups excluding carboxylic acids is 1. The fourth-order valence-corrected chi connectivity index (χ4v) is 2.39. The normalized spacial score (nSPS) is 23.1. The number of carboxylic acid groups (broad SMARTS) is 1. The molecule has 2 N–H and O–H groups in total. The van der Waals surface area contributed by atoms with Crippen molar-refractivity contribution in [2.45, 2.75) is 38.6 Å². The second-order valence-electron chi connectivity index (χ2n) is 4.37. The predicted molar refractivity (Wildman–Crippen MR) is 66.5 cm³/mol. The van der Waals surface area contributed by atoms with Crippen molar-refractivity contribution in [2.75, 3.05) is 26.3 Å². The second kappa shape index (κ2) is 6.58. The van der Waals surface area contributed by atoms with Crippen LogP contribution in [0.4, 0.5) is 4.79 Å². The number of hydrogen-bond donors (Lipinski definition) is 2. The van der Waals surface area contributed by atoms with Gasteiger partial charge in [-0.25, -0.2) is 9.59 Å². The summed E-state index contributed by atoms with van der Waals surface area (Å²) < 4.78 is 5.12. The molecule has 2 amide bonds. The smallest absolute Gasteiger partial charge is 0.329 e. The summed E-state index contributed by atoms with van der Waals surface area (Å²) in [7, 11) is 0. The summed E-state index contributed by atoms with van der Waals surface area (Å²) in [5.41, 5.74) is -1.03. The number of nitrogens with one attached hydrogen (secondary N) is 1. The summed E-state index contributed by atoms with van der Waals surface area (Å²) >= 11 is 0. The van der Waals surface area contributed by atoms with Crippen molar-refractivity contribution in [3.8, 4) is 0 Å². The zero-order valence-electron chi connectivity index (χ0n) is 11.1. The Hall–Kier alpha value is -1.30. The molecular formula is C12H22N2O4. The van der Waals surface area contributed by atoms with Gasteiger partial charge in [0.2, 0.25) is 0 Å². The summed E-state index contributed by atoms with van der Waals surface area (Å²) in [6.45, 7) is 5.65. The van der Waals surface area contributed by atoms with E-state index in [4.69, 9.17) is 4.74 Å². The Labute approximate surface area is 107 Å². The van der Waals surface area contributed by atoms with Crippen molar-refractivity contribution in [1.29, 1.82) is 0 Å². The maximum Gasteiger partial charge on any atom is 0.329 e. The van der Waals surface area contributed by atoms with Gasteiger partial charge >= 0.3 is 12.0 Å². The van der Waals surface area contributed by atoms with Gasteiger partial charge < -0.3 is 20.1 Å². The molecule has 1 saturated heterocycles. The van der Waals surface area contributed by atoms with E-state index in [1.165, 1.54) is 4.90 Å². The fraction of sp³-hybridized carbons (Fsp3) is 0.833. The number of carbonyl (C=O) groups is 2. The third-order valence-corrected chi connectivity index (χ3v) is 3.44. The van der Waals surface area contributed by atoms with Crippen molar-refractivity contribution in [2.24, 2.45) is 0 Å². The topological polar surface area (TPSA) is 78.9 Å². The van der Waals surface area contributed by atoms with E-state index in [1.54, 1.807) is 6.92 Å². The highest BCUT2D eigenvalue weighted by molar-refractivity contribution is 5.87. The zero-order chi connectivity index (χ0) is 13.6. The number of aliphatic carboxylic acids is 1. The summed E-state index contributed by atoms with van der Waals surface area (Å²) in [6, 6.07) is -0.309. The molecule has 0 aliphatic carbocycles. The molecule has 1 aliphatic heterocycles. The number of ether oxygens (including phenoxy) is 1. The van der Waals surface area contributed by atoms with Gasteiger partial charge in [0.15, 0.2) is 0 Å². The van der Waals surface area contributed by atoms with Crippen molar-refractivity contribution in [3.05, 3.63) is 0 Å². The van der Waals surface area contributed by atoms with E-state index in [9.17, 15) is 14.7 Å². The molecule has 1 atom stereocenters. The Balaban J connectivity index is 2.58. The lowest BCUT2D eigenvalue weighted by Gasteiger charge is -2.33. The SMILES string of the molecule is CCOCCNC(=O)N1CCCC1(CC)C(=O)O. The number of likely N-dealkylation sites (tertiary alicyclic amines) is 1. The van der Waals surface area contributed by atoms with Gasteiger partial charge in [0.05, 0.1) is 6.61 Å². The second-order valence-corrected chi connectivity index (χ2v) is 4.37. The van der Waals surface area contributed by atoms with Crippen LogP contribution in [-0.4, -0.2) is 53.8 Å². The maximum absolute atomic E-state index is 12.0. The van der Waals surface area contributed by atoms with Gasteiger partial charge in [-0.3, -0.25) is 0 Å². The van der Waals surface area contributed by atoms with E-state index in [2.05, 4.69) is 5.32 Å². The van der Waals surface area contributed by atoms with Crippen LogP contribution in [0.25, 0.3) is 0 Å². The first-order chi connectivity index (χ1) is 8.58. The lowest BCUT2D eigenvalue weighted by molar-refractivity contribution is -0.148. The third kappa shape index (κ3) is 2.93. The maximum atomic E-state index is 12.0. The van der Waals surface area contributed by atoms with Gasteiger partial charge in [-0.2, -0.15) is 0 Å². The van der Waals surface area contributed by atoms with Gasteiger partial charge in [0, 0.05) is 19.7 Å². The first kappa shape index (κ1) is 14.8. The zero-order valence-corrected chi connectivity index (χ0v) is 11.1. The van der Waals surface area contributed by atoms with Crippen LogP contribution in [-0.2, 0) is 9.53 Å². The molecule has 0 spiro atoms. The quantitative estimate of drug-likeness (QED) is 0.698. The number of rotatable bonds is 6. The Morgan fingerprint density at radius 3 is 2.72 bits per heavy atom. The molecule has 6 heteroatoms. The number of urea groups is 1. The minimum absolute atomic E-state index is 0.309. The Morgan fingerprint density at radius 1 is 1.44 bits per heavy atom. The number of amides is 2. The Morgan fingerprint density at radius 2 is 2.17 bits per heavy atom. The standard InChI is InChI=1S/C12H22N2O4/c1-3-12(10(15)16)6-5-8-14(12)11(17)13-7-9-18-4-2/h3-9H2,1-2H3,(H,13,17)(H,15,16). The molecule has 1 fully saturated rings. The van der Waals surface area contributed by atoms with Gasteiger partial charge in [-0.05, 0) is 26.2 Å². The first-order valence-electron chi connectivity index (χ1n) is 6.45. The van der Waals surface area contributed by atoms with Gasteiger partial charge in [-0.1, -0.05) is 6.92 Å². The fourth-order valence-electron chi connectivity index (χ4n) is 2.39. The van der Waals surface area contributed by atoms with Crippen LogP contribution in [0.1, 0.15) is 33.1 Å². The van der Waals surface area contributed by atoms with Crippen LogP contribution in [0.3, 0.4) is 0 Å². The van der Waals surface area contributed by atoms with Crippen molar-refractivity contribution >= 4 is 12.0 Å². The van der Waals surface area contributed by atoms with E-state index in [0.717, 1.165) is 6.42 Å². The highest BCUT2D eigenvalue weighted by Crippen LogP contribution is 2.32. The van der Waals surface area contributed by atoms with E-state index in [1.807, 2.05) is 6.92 Å². The average Bonchev–Trinajstić information content (AvgIpc) is 2.79. The largest absolute Gasteiger partial charge is 0.479 e. The highest BCUT2D eigenvalue weighted by Gasteiger charge is 2.48. The molecular weight excluding hydrogens is 236 g/mol. The van der Waals surface area contributed by atoms with Crippen LogP contribution in [0.2, 0.25) is 0 Å². The molecule has 0 radical (unpaired) electrons. The lowest BCUT2D eigenvalue weighted by atomic mass is 9.93. The van der Waals surface area contributed by atoms with Crippen molar-refractivity contribution < 1.29 is 19.4 Å². The Kier molecular flexibility index (Phi) is 5.40. The van der Waals surface area contributed by atoms with Crippen LogP contribution in [0.15, 0.2) is 0 Å². The molecule has 104 valence electrons. The van der Waals surface area contributed by atoms with Crippen molar-refractivity contribution in [3.63, 3.8) is 0 Å². The summed E-state index contributed by atoms with van der Waals surface area (Å²) in [5.74, 6) is -0.914. The van der Waals surface area contributed by atoms with Gasteiger partial charge in [0.25, 0.3) is 0 Å². The minimum atomic E-state index is -1.03. The molecule has 0 bridgehead atoms. The molecule has 18 heavy (non-hydrogen) atoms. The van der Waals surface area contributed by atoms with Crippen LogP contribution < -0.4 is 5.32 Å². The lowest BCUT2D eigenvalue weighted by Crippen LogP contribution is -2.55. The Bertz CT molecular complexity index is 308. The van der Waals surface area contributed by atoms with Gasteiger partial charge in [-0.15, -0.1) is 0 Å². The van der Waals surface area contributed by atoms with Crippen LogP contribution >= 0.6 is 0 Å². The summed E-state index contributed by atoms with van der Waals surface area (Å²) in [5, 5.41) is 12.0. The number of hydrogen-bond acceptors (Lipinski definition) is 3. The van der Waals surface area contributed by atoms with E-state index < -0.39 is 11.5 Å². The average molecular weight is 258 g/mol. The predicted octanol–water partition coefficient (Wildman–Crippen LogP) is 1.06. The van der Waals surface area contributed by atoms with E-state index in [-0.39, 0.29) is 6.03 Å². The van der Waals surface area contributed by atoms with Crippen LogP contribution in [0.5, 0.6) is 0 Å². The molecule has 0 aromatic heterocycles. The molecule has 0 aromatic rings. The van der Waals surface area contributed by atoms with Gasteiger partial charge in [0.1, 0.15) is 5.54 Å². The van der Waals surface area contributed by atoms with E-state index in [0.29, 0.717) is 39.1 Å². The molecule has 0 aromatic carbocycles. The first-order valence-corrected chi connectivity index (χ1v) is 6.45. The monoisotopic (exact) mass is 258 g/mol. The van der Waals surface area contributed by atoms with Crippen molar-refractivity contribution in [1.82, 2.24) is 10.2 Å². The number of carboxylic acids is 1. The third-order valence-electron chi connectivity index (χ3n) is 3.44. The molecule has 1 heterocycles. The minimum Gasteiger partial charge on any atom is -0.479 e. The molecule has 1 unspecified atom stereocenters. The number of nitrogens with zero attached hydrogens (tertiary/aromatic N) is 1. The molecule has 6 nitrogen and oxygen atoms in total. The molecule has 1 aliphatic rings. The summed E-state index contributed by atoms with van der Waals surface area (Å²) in [6.07, 6.45) is 1.69. The highest BCUT2D eigenvalue weighted by atomic mass is 16.5. The van der Waals surface area contributed by atoms with E-state index >= 15 is 0 Å². The summed E-state index contributed by atoms with van der Waals surface area (Å²) in [4.78, 5) is 24.8. The van der Waals surface area contributed by atoms with Crippen LogP contribution in [0, 0.1) is 0 Å². The molecule has 1 rings (SSSR count). The molecule has 0 saturated carbocycles.